The molecule has 2 aromatic carbocycles. The van der Waals surface area contributed by atoms with E-state index >= 15 is 0 Å². The minimum atomic E-state index is -0.577. The van der Waals surface area contributed by atoms with E-state index in [1.807, 2.05) is 0 Å². The molecule has 0 fully saturated rings. The molecule has 2 aromatic rings. The first-order valence-electron chi connectivity index (χ1n) is 4.99. The normalized spacial score (nSPS) is 10.5. The van der Waals surface area contributed by atoms with Crippen LogP contribution in [-0.2, 0) is 0 Å². The zero-order valence-electron chi connectivity index (χ0n) is 9.16. The van der Waals surface area contributed by atoms with Crippen molar-refractivity contribution in [3.63, 3.8) is 0 Å². The standard InChI is InChI=1S/C12H5Cl4NO2/c13-8-3-1-6(5-10(8)15)7-2-4-9(14)11(16)12(7)17(18)19/h1-5H. The van der Waals surface area contributed by atoms with Crippen molar-refractivity contribution in [3.8, 4) is 11.1 Å². The van der Waals surface area contributed by atoms with E-state index in [0.29, 0.717) is 21.2 Å². The lowest BCUT2D eigenvalue weighted by Crippen LogP contribution is -1.94. The summed E-state index contributed by atoms with van der Waals surface area (Å²) in [6.45, 7) is 0. The highest BCUT2D eigenvalue weighted by Crippen LogP contribution is 2.41. The maximum absolute atomic E-state index is 11.1. The molecule has 19 heavy (non-hydrogen) atoms. The molecule has 2 rings (SSSR count). The Bertz CT molecular complexity index is 673. The molecule has 0 spiro atoms. The van der Waals surface area contributed by atoms with Crippen LogP contribution in [-0.4, -0.2) is 4.92 Å². The van der Waals surface area contributed by atoms with Crippen molar-refractivity contribution in [2.45, 2.75) is 0 Å². The summed E-state index contributed by atoms with van der Waals surface area (Å²) in [6, 6.07) is 7.74. The third-order valence-corrected chi connectivity index (χ3v) is 4.02. The second-order valence-corrected chi connectivity index (χ2v) is 5.24. The molecule has 0 N–H and O–H groups in total. The first-order chi connectivity index (χ1) is 8.91. The Morgan fingerprint density at radius 2 is 1.53 bits per heavy atom. The van der Waals surface area contributed by atoms with Crippen molar-refractivity contribution in [2.24, 2.45) is 0 Å². The van der Waals surface area contributed by atoms with Gasteiger partial charge in [0.25, 0.3) is 5.69 Å². The summed E-state index contributed by atoms with van der Waals surface area (Å²) in [4.78, 5) is 10.5. The molecule has 3 nitrogen and oxygen atoms in total. The van der Waals surface area contributed by atoms with Crippen molar-refractivity contribution < 1.29 is 4.92 Å². The van der Waals surface area contributed by atoms with Crippen LogP contribution in [0.25, 0.3) is 11.1 Å². The molecule has 0 saturated carbocycles. The fraction of sp³-hybridized carbons (Fsp3) is 0. The van der Waals surface area contributed by atoms with E-state index in [1.54, 1.807) is 12.1 Å². The molecule has 0 aliphatic heterocycles. The zero-order chi connectivity index (χ0) is 14.2. The number of hydrogen-bond acceptors (Lipinski definition) is 2. The predicted octanol–water partition coefficient (Wildman–Crippen LogP) is 5.88. The summed E-state index contributed by atoms with van der Waals surface area (Å²) in [6.07, 6.45) is 0. The Morgan fingerprint density at radius 3 is 2.11 bits per heavy atom. The highest BCUT2D eigenvalue weighted by molar-refractivity contribution is 6.44. The van der Waals surface area contributed by atoms with Crippen LogP contribution in [0.15, 0.2) is 30.3 Å². The largest absolute Gasteiger partial charge is 0.297 e. The van der Waals surface area contributed by atoms with Gasteiger partial charge in [-0.3, -0.25) is 10.1 Å². The van der Waals surface area contributed by atoms with Crippen molar-refractivity contribution >= 4 is 52.1 Å². The summed E-state index contributed by atoms with van der Waals surface area (Å²) in [5.41, 5.74) is 0.616. The van der Waals surface area contributed by atoms with Gasteiger partial charge in [0, 0.05) is 0 Å². The topological polar surface area (TPSA) is 43.1 Å². The summed E-state index contributed by atoms with van der Waals surface area (Å²) in [5, 5.41) is 11.8. The maximum Gasteiger partial charge on any atom is 0.297 e. The van der Waals surface area contributed by atoms with Gasteiger partial charge in [-0.15, -0.1) is 0 Å². The van der Waals surface area contributed by atoms with Crippen LogP contribution in [0.2, 0.25) is 20.1 Å². The molecule has 0 bridgehead atoms. The molecule has 98 valence electrons. The molecule has 0 aliphatic carbocycles. The minimum absolute atomic E-state index is 0.102. The Morgan fingerprint density at radius 1 is 0.895 bits per heavy atom. The van der Waals surface area contributed by atoms with E-state index < -0.39 is 4.92 Å². The zero-order valence-corrected chi connectivity index (χ0v) is 12.2. The summed E-state index contributed by atoms with van der Waals surface area (Å²) in [7, 11) is 0. The highest BCUT2D eigenvalue weighted by atomic mass is 35.5. The Labute approximate surface area is 128 Å². The van der Waals surface area contributed by atoms with E-state index in [9.17, 15) is 10.1 Å². The van der Waals surface area contributed by atoms with Gasteiger partial charge < -0.3 is 0 Å². The van der Waals surface area contributed by atoms with Gasteiger partial charge in [-0.2, -0.15) is 0 Å². The Balaban J connectivity index is 2.71. The van der Waals surface area contributed by atoms with E-state index in [4.69, 9.17) is 46.4 Å². The smallest absolute Gasteiger partial charge is 0.258 e. The molecule has 0 saturated heterocycles. The van der Waals surface area contributed by atoms with E-state index in [2.05, 4.69) is 0 Å². The maximum atomic E-state index is 11.1. The van der Waals surface area contributed by atoms with Crippen LogP contribution in [0.5, 0.6) is 0 Å². The number of nitro groups is 1. The van der Waals surface area contributed by atoms with Crippen molar-refractivity contribution in [2.75, 3.05) is 0 Å². The number of hydrogen-bond donors (Lipinski definition) is 0. The van der Waals surface area contributed by atoms with Gasteiger partial charge in [-0.05, 0) is 29.8 Å². The first kappa shape index (κ1) is 14.4. The van der Waals surface area contributed by atoms with Crippen LogP contribution in [0.1, 0.15) is 0 Å². The van der Waals surface area contributed by atoms with Gasteiger partial charge in [0.15, 0.2) is 0 Å². The second kappa shape index (κ2) is 5.55. The van der Waals surface area contributed by atoms with E-state index in [-0.39, 0.29) is 15.7 Å². The van der Waals surface area contributed by atoms with Crippen LogP contribution in [0.4, 0.5) is 5.69 Å². The van der Waals surface area contributed by atoms with Gasteiger partial charge in [-0.25, -0.2) is 0 Å². The van der Waals surface area contributed by atoms with Gasteiger partial charge in [0.2, 0.25) is 0 Å². The van der Waals surface area contributed by atoms with Crippen molar-refractivity contribution in [1.29, 1.82) is 0 Å². The molecule has 0 heterocycles. The fourth-order valence-electron chi connectivity index (χ4n) is 1.62. The van der Waals surface area contributed by atoms with Crippen LogP contribution >= 0.6 is 46.4 Å². The lowest BCUT2D eigenvalue weighted by atomic mass is 10.0. The Kier molecular flexibility index (Phi) is 4.21. The number of rotatable bonds is 2. The van der Waals surface area contributed by atoms with Gasteiger partial charge in [0.05, 0.1) is 25.6 Å². The lowest BCUT2D eigenvalue weighted by Gasteiger charge is -2.07. The molecule has 0 aromatic heterocycles. The summed E-state index contributed by atoms with van der Waals surface area (Å²) in [5.74, 6) is 0. The van der Waals surface area contributed by atoms with Crippen molar-refractivity contribution in [3.05, 3.63) is 60.5 Å². The van der Waals surface area contributed by atoms with E-state index in [0.717, 1.165) is 0 Å². The average molecular weight is 337 g/mol. The third kappa shape index (κ3) is 2.79. The molecular weight excluding hydrogens is 332 g/mol. The molecule has 7 heteroatoms. The SMILES string of the molecule is O=[N+]([O-])c1c(-c2ccc(Cl)c(Cl)c2)ccc(Cl)c1Cl. The van der Waals surface area contributed by atoms with Crippen LogP contribution < -0.4 is 0 Å². The molecule has 0 aliphatic rings. The number of nitro benzene ring substituents is 1. The second-order valence-electron chi connectivity index (χ2n) is 3.64. The monoisotopic (exact) mass is 335 g/mol. The third-order valence-electron chi connectivity index (χ3n) is 2.48. The average Bonchev–Trinajstić information content (AvgIpc) is 2.35. The van der Waals surface area contributed by atoms with Crippen molar-refractivity contribution in [1.82, 2.24) is 0 Å². The lowest BCUT2D eigenvalue weighted by molar-refractivity contribution is -0.384. The molecule has 0 radical (unpaired) electrons. The quantitative estimate of drug-likeness (QED) is 0.508. The van der Waals surface area contributed by atoms with Crippen LogP contribution in [0, 0.1) is 10.1 Å². The molecular formula is C12H5Cl4NO2. The number of halogens is 4. The van der Waals surface area contributed by atoms with Gasteiger partial charge in [-0.1, -0.05) is 52.5 Å². The number of nitrogens with zero attached hydrogens (tertiary/aromatic N) is 1. The summed E-state index contributed by atoms with van der Waals surface area (Å²) < 4.78 is 0. The molecule has 0 amide bonds. The minimum Gasteiger partial charge on any atom is -0.258 e. The fourth-order valence-corrected chi connectivity index (χ4v) is 2.30. The first-order valence-corrected chi connectivity index (χ1v) is 6.51. The highest BCUT2D eigenvalue weighted by Gasteiger charge is 2.22. The molecule has 0 unspecified atom stereocenters. The Hall–Kier alpha value is -1.000. The molecule has 0 atom stereocenters. The van der Waals surface area contributed by atoms with Gasteiger partial charge in [0.1, 0.15) is 5.02 Å². The number of benzene rings is 2. The summed E-state index contributed by atoms with van der Waals surface area (Å²) >= 11 is 23.4. The van der Waals surface area contributed by atoms with E-state index in [1.165, 1.54) is 18.2 Å². The predicted molar refractivity (Wildman–Crippen MR) is 78.6 cm³/mol. The van der Waals surface area contributed by atoms with Crippen LogP contribution in [0.3, 0.4) is 0 Å². The van der Waals surface area contributed by atoms with Gasteiger partial charge >= 0.3 is 0 Å².